The first-order valence-electron chi connectivity index (χ1n) is 16.9. The van der Waals surface area contributed by atoms with Crippen LogP contribution in [-0.4, -0.2) is 9.97 Å². The summed E-state index contributed by atoms with van der Waals surface area (Å²) < 4.78 is 239. The van der Waals surface area contributed by atoms with Crippen molar-refractivity contribution in [1.82, 2.24) is 9.97 Å². The summed E-state index contributed by atoms with van der Waals surface area (Å²) in [6, 6.07) is 26.1. The van der Waals surface area contributed by atoms with Crippen LogP contribution in [0.1, 0.15) is 4.88 Å². The van der Waals surface area contributed by atoms with Crippen LogP contribution >= 0.6 is 22.7 Å². The normalized spacial score (nSPS) is 9.87. The van der Waals surface area contributed by atoms with Gasteiger partial charge < -0.3 is 9.97 Å². The third-order valence-electron chi connectivity index (χ3n) is 6.89. The molecule has 0 aliphatic carbocycles. The van der Waals surface area contributed by atoms with Crippen LogP contribution < -0.4 is 0 Å². The van der Waals surface area contributed by atoms with Gasteiger partial charge in [-0.05, 0) is 23.5 Å². The van der Waals surface area contributed by atoms with Crippen molar-refractivity contribution in [3.8, 4) is 21.1 Å². The summed E-state index contributed by atoms with van der Waals surface area (Å²) in [7, 11) is 0. The van der Waals surface area contributed by atoms with Gasteiger partial charge in [-0.2, -0.15) is 24.3 Å². The Morgan fingerprint density at radius 1 is 0.377 bits per heavy atom. The predicted molar refractivity (Wildman–Crippen MR) is 198 cm³/mol. The first kappa shape index (κ1) is 61.7. The number of aromatic nitrogens is 2. The molecule has 0 N–H and O–H groups in total. The topological polar surface area (TPSA) is 25.8 Å². The molecular formula is C43H14Au2F20N2S2. The Balaban J connectivity index is 0.000000412. The van der Waals surface area contributed by atoms with Crippen LogP contribution in [0.15, 0.2) is 66.3 Å². The van der Waals surface area contributed by atoms with Gasteiger partial charge >= 0.3 is 44.8 Å². The smallest absolute Gasteiger partial charge is 0.319 e. The van der Waals surface area contributed by atoms with Gasteiger partial charge in [0.1, 0.15) is 0 Å². The summed E-state index contributed by atoms with van der Waals surface area (Å²) in [4.78, 5) is 11.9. The number of thiophene rings is 2. The number of hydrogen-bond donors (Lipinski definition) is 0. The number of pyridine rings is 2. The van der Waals surface area contributed by atoms with Crippen LogP contribution in [0.4, 0.5) is 87.8 Å². The summed E-state index contributed by atoms with van der Waals surface area (Å²) in [5.74, 6) is -40.2. The van der Waals surface area contributed by atoms with Crippen molar-refractivity contribution in [2.24, 2.45) is 0 Å². The average Bonchev–Trinajstić information content (AvgIpc) is 4.03. The Morgan fingerprint density at radius 2 is 0.667 bits per heavy atom. The number of aryl methyl sites for hydroxylation is 1. The van der Waals surface area contributed by atoms with Crippen molar-refractivity contribution in [3.05, 3.63) is 224 Å². The Bertz CT molecular complexity index is 2540. The minimum absolute atomic E-state index is 0. The molecule has 0 unspecified atom stereocenters. The third kappa shape index (κ3) is 17.5. The zero-order chi connectivity index (χ0) is 50.3. The summed E-state index contributed by atoms with van der Waals surface area (Å²) in [5.41, 5.74) is 2.01. The molecule has 0 fully saturated rings. The van der Waals surface area contributed by atoms with Crippen molar-refractivity contribution < 1.29 is 133 Å². The molecule has 0 aliphatic rings. The Labute approximate surface area is 415 Å². The van der Waals surface area contributed by atoms with E-state index in [1.807, 2.05) is 53.9 Å². The predicted octanol–water partition coefficient (Wildman–Crippen LogP) is 14.3. The number of halogens is 20. The quantitative estimate of drug-likeness (QED) is 0.0567. The maximum Gasteiger partial charge on any atom is 3.00 e. The molecule has 2 nitrogen and oxygen atoms in total. The van der Waals surface area contributed by atoms with E-state index >= 15 is 0 Å². The van der Waals surface area contributed by atoms with Crippen LogP contribution in [0.25, 0.3) is 21.1 Å². The minimum Gasteiger partial charge on any atom is -0.319 e. The van der Waals surface area contributed by atoms with Crippen molar-refractivity contribution >= 4 is 22.7 Å². The second-order valence-corrected chi connectivity index (χ2v) is 13.6. The minimum atomic E-state index is -2.17. The molecule has 69 heavy (non-hydrogen) atoms. The van der Waals surface area contributed by atoms with Gasteiger partial charge in [-0.1, -0.05) is 45.8 Å². The molecular weight excluding hydrogens is 1380 g/mol. The SMILES string of the molecule is Cc1c[c-]c(-c2ccccn2)s1.Fc1[c-]c(F)c(F)c(F)c1F.Fc1[c-]c(F)c(F)c(F)c1F.Fc1[c-]c(F)c(F)c(F)c1F.Fc1[c-]c(F)c(F)c(F)c1F.[Au+3].[Au+3].[c-]1ccsc1-c1ccccn1. The molecule has 0 saturated carbocycles. The van der Waals surface area contributed by atoms with Gasteiger partial charge in [0.15, 0.2) is 0 Å². The molecule has 0 saturated heterocycles. The Hall–Kier alpha value is -5.34. The van der Waals surface area contributed by atoms with Crippen molar-refractivity contribution in [2.75, 3.05) is 0 Å². The van der Waals surface area contributed by atoms with Gasteiger partial charge in [0, 0.05) is 12.4 Å². The fourth-order valence-corrected chi connectivity index (χ4v) is 5.30. The molecule has 8 rings (SSSR count). The maximum atomic E-state index is 12.0. The summed E-state index contributed by atoms with van der Waals surface area (Å²) in [6.45, 7) is 2.08. The molecule has 4 heterocycles. The Morgan fingerprint density at radius 3 is 0.884 bits per heavy atom. The standard InChI is InChI=1S/C10H8NS.C9H6NS.4C6F5.2Au/c1-8-5-6-10(12-8)9-4-2-3-7-11-9;1-2-6-10-8(4-1)9-5-3-7-11-9;4*7-2-1-3(8)5(10)6(11)4(2)9;;/h2-5,7H,1H3;1-4,6-7H;;;;;;/q6*-1;2*+3. The second kappa shape index (κ2) is 29.0. The van der Waals surface area contributed by atoms with Crippen molar-refractivity contribution in [3.63, 3.8) is 0 Å². The van der Waals surface area contributed by atoms with E-state index in [-0.39, 0.29) is 44.8 Å². The average molecular weight is 1400 g/mol. The van der Waals surface area contributed by atoms with E-state index in [1.54, 1.807) is 35.1 Å². The van der Waals surface area contributed by atoms with Crippen molar-refractivity contribution in [1.29, 1.82) is 0 Å². The second-order valence-electron chi connectivity index (χ2n) is 11.4. The van der Waals surface area contributed by atoms with Gasteiger partial charge in [0.25, 0.3) is 0 Å². The number of rotatable bonds is 2. The molecule has 0 radical (unpaired) electrons. The van der Waals surface area contributed by atoms with E-state index in [0.29, 0.717) is 0 Å². The molecule has 26 heteroatoms. The maximum absolute atomic E-state index is 12.0. The van der Waals surface area contributed by atoms with Crippen LogP contribution in [0.2, 0.25) is 0 Å². The van der Waals surface area contributed by atoms with Gasteiger partial charge in [-0.15, -0.1) is 29.6 Å². The van der Waals surface area contributed by atoms with Gasteiger partial charge in [0.05, 0.1) is 116 Å². The van der Waals surface area contributed by atoms with Crippen molar-refractivity contribution in [2.45, 2.75) is 6.92 Å². The summed E-state index contributed by atoms with van der Waals surface area (Å²) >= 11 is 3.38. The van der Waals surface area contributed by atoms with Crippen LogP contribution in [0.3, 0.4) is 0 Å². The van der Waals surface area contributed by atoms with E-state index in [2.05, 4.69) is 29.0 Å². The van der Waals surface area contributed by atoms with E-state index < -0.39 is 116 Å². The first-order valence-corrected chi connectivity index (χ1v) is 18.6. The van der Waals surface area contributed by atoms with E-state index in [4.69, 9.17) is 0 Å². The Kier molecular flexibility index (Phi) is 25.9. The zero-order valence-electron chi connectivity index (χ0n) is 32.7. The summed E-state index contributed by atoms with van der Waals surface area (Å²) in [5, 5.41) is 2.00. The number of nitrogens with zero attached hydrogens (tertiary/aromatic N) is 2. The number of hydrogen-bond acceptors (Lipinski definition) is 4. The monoisotopic (exact) mass is 1400 g/mol. The first-order chi connectivity index (χ1) is 31.5. The van der Waals surface area contributed by atoms with Crippen LogP contribution in [0.5, 0.6) is 0 Å². The molecule has 370 valence electrons. The zero-order valence-corrected chi connectivity index (χ0v) is 38.7. The summed E-state index contributed by atoms with van der Waals surface area (Å²) in [6.07, 6.45) is 3.60. The largest absolute Gasteiger partial charge is 3.00 e. The molecule has 0 atom stereocenters. The van der Waals surface area contributed by atoms with E-state index in [9.17, 15) is 87.8 Å². The van der Waals surface area contributed by atoms with Gasteiger partial charge in [-0.3, -0.25) is 35.1 Å². The molecule has 0 amide bonds. The fourth-order valence-electron chi connectivity index (χ4n) is 3.87. The van der Waals surface area contributed by atoms with Gasteiger partial charge in [-0.25, -0.2) is 75.4 Å². The molecule has 8 aromatic rings. The van der Waals surface area contributed by atoms with E-state index in [1.165, 1.54) is 4.88 Å². The molecule has 4 aromatic carbocycles. The van der Waals surface area contributed by atoms with Crippen LogP contribution in [-0.2, 0) is 44.8 Å². The number of benzene rings is 4. The van der Waals surface area contributed by atoms with E-state index in [0.717, 1.165) is 45.4 Å². The molecule has 0 aliphatic heterocycles. The van der Waals surface area contributed by atoms with Crippen LogP contribution in [0, 0.1) is 160 Å². The molecule has 0 bridgehead atoms. The molecule has 0 spiro atoms. The fraction of sp³-hybridized carbons (Fsp3) is 0.0233. The third-order valence-corrected chi connectivity index (χ3v) is 8.70. The van der Waals surface area contributed by atoms with Gasteiger partial charge in [0.2, 0.25) is 0 Å². The molecule has 4 aromatic heterocycles.